The fraction of sp³-hybridized carbons (Fsp3) is 0.167. The van der Waals surface area contributed by atoms with Crippen LogP contribution in [0.15, 0.2) is 72.8 Å². The van der Waals surface area contributed by atoms with Gasteiger partial charge in [0.25, 0.3) is 11.8 Å². The SMILES string of the molecule is COc1ccc(C(=O)NCc2ccc3c(c2)CCN3C(=O)c2ccccc2)cc1. The van der Waals surface area contributed by atoms with Gasteiger partial charge in [0.05, 0.1) is 7.11 Å². The van der Waals surface area contributed by atoms with Crippen LogP contribution in [0.1, 0.15) is 31.8 Å². The van der Waals surface area contributed by atoms with Crippen molar-refractivity contribution < 1.29 is 14.3 Å². The van der Waals surface area contributed by atoms with Gasteiger partial charge in [-0.25, -0.2) is 0 Å². The van der Waals surface area contributed by atoms with Crippen molar-refractivity contribution in [1.82, 2.24) is 5.32 Å². The monoisotopic (exact) mass is 386 g/mol. The molecule has 0 bridgehead atoms. The summed E-state index contributed by atoms with van der Waals surface area (Å²) < 4.78 is 5.11. The maximum Gasteiger partial charge on any atom is 0.258 e. The number of ether oxygens (including phenoxy) is 1. The summed E-state index contributed by atoms with van der Waals surface area (Å²) in [6.07, 6.45) is 0.814. The number of carbonyl (C=O) groups is 2. The van der Waals surface area contributed by atoms with Crippen LogP contribution in [0.3, 0.4) is 0 Å². The van der Waals surface area contributed by atoms with Gasteiger partial charge in [-0.2, -0.15) is 0 Å². The molecule has 2 amide bonds. The van der Waals surface area contributed by atoms with Crippen molar-refractivity contribution in [1.29, 1.82) is 0 Å². The zero-order valence-corrected chi connectivity index (χ0v) is 16.2. The first kappa shape index (κ1) is 18.7. The van der Waals surface area contributed by atoms with Gasteiger partial charge in [0.2, 0.25) is 0 Å². The molecule has 1 aliphatic rings. The molecule has 4 rings (SSSR count). The van der Waals surface area contributed by atoms with Gasteiger partial charge >= 0.3 is 0 Å². The number of fused-ring (bicyclic) bond motifs is 1. The summed E-state index contributed by atoms with van der Waals surface area (Å²) in [5.74, 6) is 0.605. The van der Waals surface area contributed by atoms with E-state index in [9.17, 15) is 9.59 Å². The van der Waals surface area contributed by atoms with E-state index < -0.39 is 0 Å². The molecule has 0 unspecified atom stereocenters. The number of hydrogen-bond donors (Lipinski definition) is 1. The highest BCUT2D eigenvalue weighted by atomic mass is 16.5. The highest BCUT2D eigenvalue weighted by Crippen LogP contribution is 2.30. The first-order chi connectivity index (χ1) is 14.2. The molecule has 0 fully saturated rings. The Bertz CT molecular complexity index is 1030. The van der Waals surface area contributed by atoms with Gasteiger partial charge in [0.15, 0.2) is 0 Å². The van der Waals surface area contributed by atoms with E-state index >= 15 is 0 Å². The summed E-state index contributed by atoms with van der Waals surface area (Å²) >= 11 is 0. The lowest BCUT2D eigenvalue weighted by molar-refractivity contribution is 0.0949. The number of nitrogens with one attached hydrogen (secondary N) is 1. The van der Waals surface area contributed by atoms with Crippen molar-refractivity contribution in [2.45, 2.75) is 13.0 Å². The van der Waals surface area contributed by atoms with Crippen molar-refractivity contribution >= 4 is 17.5 Å². The van der Waals surface area contributed by atoms with Crippen LogP contribution >= 0.6 is 0 Å². The van der Waals surface area contributed by atoms with E-state index in [1.54, 1.807) is 31.4 Å². The minimum Gasteiger partial charge on any atom is -0.497 e. The van der Waals surface area contributed by atoms with Crippen molar-refractivity contribution in [3.8, 4) is 5.75 Å². The smallest absolute Gasteiger partial charge is 0.258 e. The number of anilines is 1. The Balaban J connectivity index is 1.42. The summed E-state index contributed by atoms with van der Waals surface area (Å²) in [4.78, 5) is 26.9. The Labute approximate surface area is 169 Å². The molecule has 29 heavy (non-hydrogen) atoms. The number of carbonyl (C=O) groups excluding carboxylic acids is 2. The number of amides is 2. The minimum absolute atomic E-state index is 0.0184. The summed E-state index contributed by atoms with van der Waals surface area (Å²) in [7, 11) is 1.59. The molecule has 0 saturated heterocycles. The second kappa shape index (κ2) is 8.19. The first-order valence-electron chi connectivity index (χ1n) is 9.56. The molecule has 0 aliphatic carbocycles. The van der Waals surface area contributed by atoms with Crippen molar-refractivity contribution in [2.24, 2.45) is 0 Å². The van der Waals surface area contributed by atoms with Gasteiger partial charge in [-0.3, -0.25) is 9.59 Å². The number of hydrogen-bond acceptors (Lipinski definition) is 3. The van der Waals surface area contributed by atoms with E-state index in [2.05, 4.69) is 11.4 Å². The average Bonchev–Trinajstić information content (AvgIpc) is 3.21. The van der Waals surface area contributed by atoms with Crippen LogP contribution in [-0.2, 0) is 13.0 Å². The Morgan fingerprint density at radius 3 is 2.45 bits per heavy atom. The van der Waals surface area contributed by atoms with Crippen molar-refractivity contribution in [3.63, 3.8) is 0 Å². The van der Waals surface area contributed by atoms with Crippen LogP contribution in [0.2, 0.25) is 0 Å². The third-order valence-electron chi connectivity index (χ3n) is 5.11. The van der Waals surface area contributed by atoms with Crippen LogP contribution in [0.5, 0.6) is 5.75 Å². The van der Waals surface area contributed by atoms with Crippen LogP contribution in [0.25, 0.3) is 0 Å². The van der Waals surface area contributed by atoms with Crippen LogP contribution in [0.4, 0.5) is 5.69 Å². The molecule has 0 radical (unpaired) electrons. The highest BCUT2D eigenvalue weighted by Gasteiger charge is 2.25. The fourth-order valence-electron chi connectivity index (χ4n) is 3.54. The Hall–Kier alpha value is -3.60. The number of rotatable bonds is 5. The highest BCUT2D eigenvalue weighted by molar-refractivity contribution is 6.07. The van der Waals surface area contributed by atoms with Gasteiger partial charge in [0, 0.05) is 29.9 Å². The molecule has 0 aromatic heterocycles. The number of nitrogens with zero attached hydrogens (tertiary/aromatic N) is 1. The largest absolute Gasteiger partial charge is 0.497 e. The minimum atomic E-state index is -0.131. The molecule has 1 N–H and O–H groups in total. The molecule has 0 atom stereocenters. The summed E-state index contributed by atoms with van der Waals surface area (Å²) in [5, 5.41) is 2.94. The number of benzene rings is 3. The molecule has 1 aliphatic heterocycles. The second-order valence-corrected chi connectivity index (χ2v) is 6.95. The third kappa shape index (κ3) is 3.99. The van der Waals surface area contributed by atoms with E-state index in [1.165, 1.54) is 0 Å². The topological polar surface area (TPSA) is 58.6 Å². The molecule has 1 heterocycles. The van der Waals surface area contributed by atoms with Gasteiger partial charge in [-0.15, -0.1) is 0 Å². The van der Waals surface area contributed by atoms with E-state index in [0.717, 1.165) is 29.0 Å². The lowest BCUT2D eigenvalue weighted by atomic mass is 10.1. The molecule has 3 aromatic rings. The number of methoxy groups -OCH3 is 1. The van der Waals surface area contributed by atoms with Crippen molar-refractivity contribution in [2.75, 3.05) is 18.6 Å². The molecule has 3 aromatic carbocycles. The van der Waals surface area contributed by atoms with Gasteiger partial charge in [-0.1, -0.05) is 30.3 Å². The van der Waals surface area contributed by atoms with Gasteiger partial charge in [0.1, 0.15) is 5.75 Å². The Morgan fingerprint density at radius 2 is 1.72 bits per heavy atom. The molecule has 5 nitrogen and oxygen atoms in total. The predicted octanol–water partition coefficient (Wildman–Crippen LogP) is 3.83. The van der Waals surface area contributed by atoms with Gasteiger partial charge in [-0.05, 0) is 60.0 Å². The zero-order chi connectivity index (χ0) is 20.2. The quantitative estimate of drug-likeness (QED) is 0.725. The van der Waals surface area contributed by atoms with E-state index in [1.807, 2.05) is 47.4 Å². The maximum absolute atomic E-state index is 12.8. The molecular weight excluding hydrogens is 364 g/mol. The average molecular weight is 386 g/mol. The lowest BCUT2D eigenvalue weighted by Gasteiger charge is -2.17. The van der Waals surface area contributed by atoms with Gasteiger partial charge < -0.3 is 15.0 Å². The van der Waals surface area contributed by atoms with E-state index in [4.69, 9.17) is 4.74 Å². The lowest BCUT2D eigenvalue weighted by Crippen LogP contribution is -2.28. The predicted molar refractivity (Wildman–Crippen MR) is 112 cm³/mol. The summed E-state index contributed by atoms with van der Waals surface area (Å²) in [6.45, 7) is 1.11. The normalized spacial score (nSPS) is 12.4. The Kier molecular flexibility index (Phi) is 5.29. The van der Waals surface area contributed by atoms with Crippen LogP contribution < -0.4 is 15.0 Å². The zero-order valence-electron chi connectivity index (χ0n) is 16.2. The van der Waals surface area contributed by atoms with E-state index in [0.29, 0.717) is 24.2 Å². The molecule has 0 spiro atoms. The standard InChI is InChI=1S/C24H22N2O3/c1-29-21-10-8-18(9-11-21)23(27)25-16-17-7-12-22-20(15-17)13-14-26(22)24(28)19-5-3-2-4-6-19/h2-12,15H,13-14,16H2,1H3,(H,25,27). The first-order valence-corrected chi connectivity index (χ1v) is 9.56. The maximum atomic E-state index is 12.8. The summed E-state index contributed by atoms with van der Waals surface area (Å²) in [6, 6.07) is 22.3. The molecule has 0 saturated carbocycles. The van der Waals surface area contributed by atoms with Crippen LogP contribution in [-0.4, -0.2) is 25.5 Å². The van der Waals surface area contributed by atoms with Crippen molar-refractivity contribution in [3.05, 3.63) is 95.1 Å². The fourth-order valence-corrected chi connectivity index (χ4v) is 3.54. The summed E-state index contributed by atoms with van der Waals surface area (Å²) in [5.41, 5.74) is 4.37. The Morgan fingerprint density at radius 1 is 0.966 bits per heavy atom. The molecule has 5 heteroatoms. The molecular formula is C24H22N2O3. The third-order valence-corrected chi connectivity index (χ3v) is 5.11. The van der Waals surface area contributed by atoms with E-state index in [-0.39, 0.29) is 11.8 Å². The second-order valence-electron chi connectivity index (χ2n) is 6.95. The molecule has 146 valence electrons. The van der Waals surface area contributed by atoms with Crippen LogP contribution in [0, 0.1) is 0 Å².